The highest BCUT2D eigenvalue weighted by Crippen LogP contribution is 2.40. The van der Waals surface area contributed by atoms with Gasteiger partial charge in [0.1, 0.15) is 5.82 Å². The molecule has 4 nitrogen and oxygen atoms in total. The third kappa shape index (κ3) is 1.84. The lowest BCUT2D eigenvalue weighted by Crippen LogP contribution is -2.01. The maximum absolute atomic E-state index is 8.96. The van der Waals surface area contributed by atoms with Crippen LogP contribution in [-0.2, 0) is 0 Å². The number of nitrogens with one attached hydrogen (secondary N) is 1. The Bertz CT molecular complexity index is 706. The monoisotopic (exact) mass is 276 g/mol. The molecule has 1 saturated carbocycles. The van der Waals surface area contributed by atoms with Crippen LogP contribution in [0.5, 0.6) is 0 Å². The Kier molecular flexibility index (Phi) is 2.69. The standard InChI is InChI=1S/C12H9ClN4S/c13-9-4-1-7(6-14)5-10(9)17-11(8-2-3-8)15-16-12(17)18/h1,4-5,8H,2-3H2,(H,16,18). The van der Waals surface area contributed by atoms with Crippen LogP contribution in [0.3, 0.4) is 0 Å². The average Bonchev–Trinajstić information content (AvgIpc) is 3.14. The summed E-state index contributed by atoms with van der Waals surface area (Å²) < 4.78 is 2.34. The van der Waals surface area contributed by atoms with Gasteiger partial charge in [-0.2, -0.15) is 10.4 Å². The molecule has 1 aromatic carbocycles. The van der Waals surface area contributed by atoms with Crippen molar-refractivity contribution in [2.24, 2.45) is 0 Å². The van der Waals surface area contributed by atoms with E-state index in [-0.39, 0.29) is 0 Å². The lowest BCUT2D eigenvalue weighted by atomic mass is 10.2. The van der Waals surface area contributed by atoms with Gasteiger partial charge in [0.2, 0.25) is 0 Å². The predicted molar refractivity (Wildman–Crippen MR) is 70.4 cm³/mol. The first-order chi connectivity index (χ1) is 8.70. The molecule has 1 N–H and O–H groups in total. The number of rotatable bonds is 2. The third-order valence-electron chi connectivity index (χ3n) is 2.96. The van der Waals surface area contributed by atoms with E-state index in [1.54, 1.807) is 18.2 Å². The summed E-state index contributed by atoms with van der Waals surface area (Å²) in [6.45, 7) is 0. The molecule has 1 heterocycles. The zero-order valence-electron chi connectivity index (χ0n) is 9.35. The number of hydrogen-bond donors (Lipinski definition) is 1. The largest absolute Gasteiger partial charge is 0.270 e. The van der Waals surface area contributed by atoms with Gasteiger partial charge >= 0.3 is 0 Å². The Morgan fingerprint density at radius 3 is 2.94 bits per heavy atom. The molecular formula is C12H9ClN4S. The smallest absolute Gasteiger partial charge is 0.199 e. The molecular weight excluding hydrogens is 268 g/mol. The van der Waals surface area contributed by atoms with Crippen LogP contribution in [0, 0.1) is 16.1 Å². The van der Waals surface area contributed by atoms with E-state index in [2.05, 4.69) is 16.3 Å². The molecule has 1 aliphatic carbocycles. The minimum atomic E-state index is 0.444. The summed E-state index contributed by atoms with van der Waals surface area (Å²) >= 11 is 11.4. The number of nitrogens with zero attached hydrogens (tertiary/aromatic N) is 3. The van der Waals surface area contributed by atoms with Crippen molar-refractivity contribution in [2.75, 3.05) is 0 Å². The van der Waals surface area contributed by atoms with Gasteiger partial charge in [0.15, 0.2) is 4.77 Å². The highest BCUT2D eigenvalue weighted by atomic mass is 35.5. The van der Waals surface area contributed by atoms with Crippen LogP contribution in [-0.4, -0.2) is 14.8 Å². The molecule has 0 radical (unpaired) electrons. The molecule has 0 spiro atoms. The highest BCUT2D eigenvalue weighted by Gasteiger charge is 2.30. The fourth-order valence-electron chi connectivity index (χ4n) is 1.91. The number of halogens is 1. The van der Waals surface area contributed by atoms with Crippen molar-refractivity contribution in [3.8, 4) is 11.8 Å². The maximum atomic E-state index is 8.96. The second-order valence-corrected chi connectivity index (χ2v) is 5.07. The summed E-state index contributed by atoms with van der Waals surface area (Å²) in [6, 6.07) is 7.24. The van der Waals surface area contributed by atoms with Crippen LogP contribution in [0.15, 0.2) is 18.2 Å². The first kappa shape index (κ1) is 11.5. The van der Waals surface area contributed by atoms with Gasteiger partial charge in [-0.05, 0) is 43.3 Å². The van der Waals surface area contributed by atoms with Crippen molar-refractivity contribution < 1.29 is 0 Å². The van der Waals surface area contributed by atoms with E-state index < -0.39 is 0 Å². The SMILES string of the molecule is N#Cc1ccc(Cl)c(-n2c(C3CC3)n[nH]c2=S)c1. The van der Waals surface area contributed by atoms with Crippen molar-refractivity contribution >= 4 is 23.8 Å². The van der Waals surface area contributed by atoms with Crippen molar-refractivity contribution in [3.05, 3.63) is 39.4 Å². The van der Waals surface area contributed by atoms with Gasteiger partial charge in [-0.25, -0.2) is 0 Å². The van der Waals surface area contributed by atoms with E-state index in [1.165, 1.54) is 0 Å². The van der Waals surface area contributed by atoms with Crippen molar-refractivity contribution in [1.29, 1.82) is 5.26 Å². The Morgan fingerprint density at radius 1 is 1.50 bits per heavy atom. The molecule has 0 aliphatic heterocycles. The molecule has 18 heavy (non-hydrogen) atoms. The Balaban J connectivity index is 2.23. The number of aromatic nitrogens is 3. The van der Waals surface area contributed by atoms with Gasteiger partial charge in [-0.15, -0.1) is 0 Å². The molecule has 0 unspecified atom stereocenters. The summed E-state index contributed by atoms with van der Waals surface area (Å²) in [5.74, 6) is 1.34. The Morgan fingerprint density at radius 2 is 2.28 bits per heavy atom. The van der Waals surface area contributed by atoms with Gasteiger partial charge < -0.3 is 0 Å². The number of nitriles is 1. The number of H-pyrrole nitrogens is 1. The molecule has 90 valence electrons. The molecule has 3 rings (SSSR count). The van der Waals surface area contributed by atoms with E-state index in [4.69, 9.17) is 29.1 Å². The first-order valence-corrected chi connectivity index (χ1v) is 6.36. The van der Waals surface area contributed by atoms with Crippen LogP contribution < -0.4 is 0 Å². The number of benzene rings is 1. The van der Waals surface area contributed by atoms with Crippen LogP contribution in [0.25, 0.3) is 5.69 Å². The van der Waals surface area contributed by atoms with Crippen molar-refractivity contribution in [2.45, 2.75) is 18.8 Å². The van der Waals surface area contributed by atoms with Crippen molar-refractivity contribution in [1.82, 2.24) is 14.8 Å². The Labute approximate surface area is 114 Å². The van der Waals surface area contributed by atoms with E-state index >= 15 is 0 Å². The summed E-state index contributed by atoms with van der Waals surface area (Å²) in [4.78, 5) is 0. The van der Waals surface area contributed by atoms with E-state index in [1.807, 2.05) is 4.57 Å². The normalized spacial score (nSPS) is 14.4. The fraction of sp³-hybridized carbons (Fsp3) is 0.250. The van der Waals surface area contributed by atoms with Crippen LogP contribution in [0.2, 0.25) is 5.02 Å². The second kappa shape index (κ2) is 4.23. The summed E-state index contributed by atoms with van der Waals surface area (Å²) in [5.41, 5.74) is 1.27. The number of hydrogen-bond acceptors (Lipinski definition) is 3. The molecule has 1 aliphatic rings. The molecule has 0 bridgehead atoms. The van der Waals surface area contributed by atoms with Gasteiger partial charge in [0.05, 0.1) is 22.3 Å². The molecule has 1 fully saturated rings. The summed E-state index contributed by atoms with van der Waals surface area (Å²) in [7, 11) is 0. The second-order valence-electron chi connectivity index (χ2n) is 4.27. The van der Waals surface area contributed by atoms with Crippen LogP contribution >= 0.6 is 23.8 Å². The third-order valence-corrected chi connectivity index (χ3v) is 3.55. The minimum absolute atomic E-state index is 0.444. The molecule has 1 aromatic heterocycles. The minimum Gasteiger partial charge on any atom is -0.270 e. The topological polar surface area (TPSA) is 57.4 Å². The maximum Gasteiger partial charge on any atom is 0.199 e. The van der Waals surface area contributed by atoms with Gasteiger partial charge in [-0.3, -0.25) is 9.67 Å². The molecule has 2 aromatic rings. The van der Waals surface area contributed by atoms with Gasteiger partial charge in [-0.1, -0.05) is 11.6 Å². The van der Waals surface area contributed by atoms with Crippen molar-refractivity contribution in [3.63, 3.8) is 0 Å². The van der Waals surface area contributed by atoms with Crippen LogP contribution in [0.1, 0.15) is 30.1 Å². The lowest BCUT2D eigenvalue weighted by molar-refractivity contribution is 0.868. The van der Waals surface area contributed by atoms with E-state index in [0.717, 1.165) is 24.4 Å². The summed E-state index contributed by atoms with van der Waals surface area (Å²) in [6.07, 6.45) is 2.24. The zero-order valence-corrected chi connectivity index (χ0v) is 10.9. The van der Waals surface area contributed by atoms with Gasteiger partial charge in [0.25, 0.3) is 0 Å². The first-order valence-electron chi connectivity index (χ1n) is 5.58. The molecule has 0 saturated heterocycles. The zero-order chi connectivity index (χ0) is 12.7. The average molecular weight is 277 g/mol. The highest BCUT2D eigenvalue weighted by molar-refractivity contribution is 7.71. The predicted octanol–water partition coefficient (Wildman–Crippen LogP) is 3.33. The summed E-state index contributed by atoms with van der Waals surface area (Å²) in [5, 5.41) is 16.6. The quantitative estimate of drug-likeness (QED) is 0.856. The van der Waals surface area contributed by atoms with E-state index in [0.29, 0.717) is 21.3 Å². The van der Waals surface area contributed by atoms with Crippen LogP contribution in [0.4, 0.5) is 0 Å². The lowest BCUT2D eigenvalue weighted by Gasteiger charge is -2.08. The fourth-order valence-corrected chi connectivity index (χ4v) is 2.35. The molecule has 0 atom stereocenters. The number of aromatic amines is 1. The molecule has 0 amide bonds. The molecule has 6 heteroatoms. The van der Waals surface area contributed by atoms with Gasteiger partial charge in [0, 0.05) is 5.92 Å². The Hall–Kier alpha value is -1.64. The van der Waals surface area contributed by atoms with E-state index in [9.17, 15) is 0 Å².